The summed E-state index contributed by atoms with van der Waals surface area (Å²) in [6.07, 6.45) is -4.44. The van der Waals surface area contributed by atoms with Crippen LogP contribution < -0.4 is 0 Å². The molecule has 0 saturated heterocycles. The first-order valence-electron chi connectivity index (χ1n) is 6.00. The third-order valence-electron chi connectivity index (χ3n) is 2.69. The first kappa shape index (κ1) is 16.0. The fourth-order valence-corrected chi connectivity index (χ4v) is 3.32. The first-order valence-corrected chi connectivity index (χ1v) is 7.67. The van der Waals surface area contributed by atoms with E-state index in [1.54, 1.807) is 41.8 Å². The summed E-state index contributed by atoms with van der Waals surface area (Å²) in [5, 5.41) is 1.66. The van der Waals surface area contributed by atoms with Gasteiger partial charge in [0.05, 0.1) is 0 Å². The molecule has 1 aromatic heterocycles. The van der Waals surface area contributed by atoms with Gasteiger partial charge in [0.15, 0.2) is 0 Å². The van der Waals surface area contributed by atoms with E-state index in [1.807, 2.05) is 0 Å². The summed E-state index contributed by atoms with van der Waals surface area (Å²) in [6.45, 7) is -1.35. The highest BCUT2D eigenvalue weighted by Gasteiger charge is 2.34. The maximum atomic E-state index is 12.7. The summed E-state index contributed by atoms with van der Waals surface area (Å²) in [6, 6.07) is 10.3. The molecule has 0 aliphatic rings. The number of amides is 1. The van der Waals surface area contributed by atoms with Crippen molar-refractivity contribution in [3.63, 3.8) is 0 Å². The van der Waals surface area contributed by atoms with Crippen molar-refractivity contribution >= 4 is 33.2 Å². The molecule has 1 amide bonds. The van der Waals surface area contributed by atoms with Gasteiger partial charge < -0.3 is 4.90 Å². The van der Waals surface area contributed by atoms with E-state index in [0.29, 0.717) is 10.0 Å². The van der Waals surface area contributed by atoms with E-state index in [0.717, 1.165) is 16.2 Å². The summed E-state index contributed by atoms with van der Waals surface area (Å²) in [5.74, 6) is -0.627. The Morgan fingerprint density at radius 2 is 1.86 bits per heavy atom. The Labute approximate surface area is 132 Å². The van der Waals surface area contributed by atoms with E-state index < -0.39 is 18.6 Å². The third kappa shape index (κ3) is 4.57. The maximum Gasteiger partial charge on any atom is 0.406 e. The number of halogens is 4. The molecule has 0 aliphatic carbocycles. The molecule has 0 fully saturated rings. The predicted octanol–water partition coefficient (Wildman–Crippen LogP) is 4.72. The van der Waals surface area contributed by atoms with E-state index in [4.69, 9.17) is 0 Å². The molecule has 7 heteroatoms. The second kappa shape index (κ2) is 6.62. The smallest absolute Gasteiger partial charge is 0.324 e. The lowest BCUT2D eigenvalue weighted by atomic mass is 10.2. The minimum atomic E-state index is -4.44. The minimum Gasteiger partial charge on any atom is -0.324 e. The number of carbonyl (C=O) groups is 1. The number of carbonyl (C=O) groups excluding carboxylic acids is 1. The molecule has 0 atom stereocenters. The quantitative estimate of drug-likeness (QED) is 0.754. The Balaban J connectivity index is 2.24. The van der Waals surface area contributed by atoms with Gasteiger partial charge in [-0.1, -0.05) is 30.3 Å². The van der Waals surface area contributed by atoms with Crippen molar-refractivity contribution in [1.29, 1.82) is 0 Å². The zero-order chi connectivity index (χ0) is 15.5. The molecule has 2 rings (SSSR count). The second-order valence-electron chi connectivity index (χ2n) is 4.36. The summed E-state index contributed by atoms with van der Waals surface area (Å²) in [7, 11) is 0. The number of nitrogens with zero attached hydrogens (tertiary/aromatic N) is 1. The average molecular weight is 378 g/mol. The number of hydrogen-bond acceptors (Lipinski definition) is 2. The van der Waals surface area contributed by atoms with Crippen LogP contribution in [0.15, 0.2) is 46.3 Å². The molecule has 0 spiro atoms. The molecule has 1 aromatic carbocycles. The monoisotopic (exact) mass is 377 g/mol. The van der Waals surface area contributed by atoms with Gasteiger partial charge >= 0.3 is 6.18 Å². The third-order valence-corrected chi connectivity index (χ3v) is 4.51. The Kier molecular flexibility index (Phi) is 5.05. The van der Waals surface area contributed by atoms with Crippen LogP contribution in [-0.2, 0) is 6.54 Å². The van der Waals surface area contributed by atoms with Crippen molar-refractivity contribution in [3.8, 4) is 0 Å². The van der Waals surface area contributed by atoms with Crippen LogP contribution in [0.5, 0.6) is 0 Å². The number of hydrogen-bond donors (Lipinski definition) is 0. The second-order valence-corrected chi connectivity index (χ2v) is 6.13. The summed E-state index contributed by atoms with van der Waals surface area (Å²) >= 11 is 4.30. The van der Waals surface area contributed by atoms with Crippen LogP contribution in [0.1, 0.15) is 15.2 Å². The van der Waals surface area contributed by atoms with E-state index in [1.165, 1.54) is 0 Å². The van der Waals surface area contributed by atoms with Crippen LogP contribution in [0.3, 0.4) is 0 Å². The number of benzene rings is 1. The zero-order valence-corrected chi connectivity index (χ0v) is 13.1. The molecule has 21 heavy (non-hydrogen) atoms. The van der Waals surface area contributed by atoms with Crippen LogP contribution in [0.4, 0.5) is 13.2 Å². The van der Waals surface area contributed by atoms with E-state index in [-0.39, 0.29) is 11.4 Å². The molecule has 2 nitrogen and oxygen atoms in total. The molecule has 0 saturated carbocycles. The highest BCUT2D eigenvalue weighted by atomic mass is 79.9. The topological polar surface area (TPSA) is 20.3 Å². The first-order chi connectivity index (χ1) is 9.87. The highest BCUT2D eigenvalue weighted by Crippen LogP contribution is 2.27. The molecule has 0 aliphatic heterocycles. The molecule has 112 valence electrons. The SMILES string of the molecule is O=C(c1sccc1Br)N(Cc1ccccc1)CC(F)(F)F. The van der Waals surface area contributed by atoms with Crippen LogP contribution in [0, 0.1) is 0 Å². The highest BCUT2D eigenvalue weighted by molar-refractivity contribution is 9.10. The van der Waals surface area contributed by atoms with Crippen LogP contribution in [-0.4, -0.2) is 23.5 Å². The molecule has 0 radical (unpaired) electrons. The molecule has 0 unspecified atom stereocenters. The maximum absolute atomic E-state index is 12.7. The molecule has 0 N–H and O–H groups in total. The van der Waals surface area contributed by atoms with Gasteiger partial charge in [-0.15, -0.1) is 11.3 Å². The molecule has 2 aromatic rings. The number of alkyl halides is 3. The van der Waals surface area contributed by atoms with Crippen LogP contribution in [0.2, 0.25) is 0 Å². The van der Waals surface area contributed by atoms with Crippen molar-refractivity contribution in [1.82, 2.24) is 4.90 Å². The predicted molar refractivity (Wildman–Crippen MR) is 79.3 cm³/mol. The molecule has 1 heterocycles. The average Bonchev–Trinajstić information content (AvgIpc) is 2.83. The Hall–Kier alpha value is -1.34. The lowest BCUT2D eigenvalue weighted by molar-refractivity contribution is -0.141. The molecular formula is C14H11BrF3NOS. The van der Waals surface area contributed by atoms with Crippen molar-refractivity contribution in [2.45, 2.75) is 12.7 Å². The van der Waals surface area contributed by atoms with E-state index in [2.05, 4.69) is 15.9 Å². The number of thiophene rings is 1. The summed E-state index contributed by atoms with van der Waals surface area (Å²) in [4.78, 5) is 13.4. The largest absolute Gasteiger partial charge is 0.406 e. The van der Waals surface area contributed by atoms with E-state index >= 15 is 0 Å². The van der Waals surface area contributed by atoms with Gasteiger partial charge in [-0.3, -0.25) is 4.79 Å². The van der Waals surface area contributed by atoms with Gasteiger partial charge in [-0.05, 0) is 32.9 Å². The van der Waals surface area contributed by atoms with Gasteiger partial charge in [0.1, 0.15) is 11.4 Å². The fraction of sp³-hybridized carbons (Fsp3) is 0.214. The lowest BCUT2D eigenvalue weighted by Crippen LogP contribution is -2.38. The van der Waals surface area contributed by atoms with Crippen molar-refractivity contribution < 1.29 is 18.0 Å². The Morgan fingerprint density at radius 1 is 1.19 bits per heavy atom. The van der Waals surface area contributed by atoms with Crippen molar-refractivity contribution in [2.24, 2.45) is 0 Å². The van der Waals surface area contributed by atoms with Gasteiger partial charge in [0.25, 0.3) is 5.91 Å². The fourth-order valence-electron chi connectivity index (χ4n) is 1.81. The molecular weight excluding hydrogens is 367 g/mol. The Bertz CT molecular complexity index is 612. The van der Waals surface area contributed by atoms with Crippen molar-refractivity contribution in [2.75, 3.05) is 6.54 Å². The number of rotatable bonds is 4. The van der Waals surface area contributed by atoms with E-state index in [9.17, 15) is 18.0 Å². The summed E-state index contributed by atoms with van der Waals surface area (Å²) in [5.41, 5.74) is 0.655. The van der Waals surface area contributed by atoms with Gasteiger partial charge in [-0.2, -0.15) is 13.2 Å². The summed E-state index contributed by atoms with van der Waals surface area (Å²) < 4.78 is 38.6. The zero-order valence-electron chi connectivity index (χ0n) is 10.7. The van der Waals surface area contributed by atoms with Crippen LogP contribution in [0.25, 0.3) is 0 Å². The van der Waals surface area contributed by atoms with Gasteiger partial charge in [-0.25, -0.2) is 0 Å². The lowest BCUT2D eigenvalue weighted by Gasteiger charge is -2.23. The normalized spacial score (nSPS) is 11.4. The Morgan fingerprint density at radius 3 is 2.38 bits per heavy atom. The van der Waals surface area contributed by atoms with Gasteiger partial charge in [0.2, 0.25) is 0 Å². The van der Waals surface area contributed by atoms with Crippen molar-refractivity contribution in [3.05, 3.63) is 56.7 Å². The van der Waals surface area contributed by atoms with Crippen LogP contribution >= 0.6 is 27.3 Å². The molecule has 0 bridgehead atoms. The minimum absolute atomic E-state index is 0.0798. The standard InChI is InChI=1S/C14H11BrF3NOS/c15-11-6-7-21-12(11)13(20)19(9-14(16,17)18)8-10-4-2-1-3-5-10/h1-7H,8-9H2. The van der Waals surface area contributed by atoms with Gasteiger partial charge in [0, 0.05) is 11.0 Å².